The Labute approximate surface area is 213 Å². The summed E-state index contributed by atoms with van der Waals surface area (Å²) in [6.45, 7) is 5.77. The molecule has 0 aromatic heterocycles. The van der Waals surface area contributed by atoms with Crippen LogP contribution in [0.25, 0.3) is 0 Å². The molecule has 194 valence electrons. The molecule has 0 atom stereocenters. The van der Waals surface area contributed by atoms with Gasteiger partial charge >= 0.3 is 11.9 Å². The maximum Gasteiger partial charge on any atom is 0.374 e. The summed E-state index contributed by atoms with van der Waals surface area (Å²) in [5.74, 6) is -2.01. The number of unbranched alkanes of at least 4 members (excludes halogenated alkanes) is 5. The second-order valence-electron chi connectivity index (χ2n) is 8.25. The van der Waals surface area contributed by atoms with Gasteiger partial charge in [0.15, 0.2) is 5.75 Å². The molecule has 0 heterocycles. The molecule has 0 fully saturated rings. The number of esters is 2. The van der Waals surface area contributed by atoms with E-state index in [1.54, 1.807) is 50.2 Å². The first-order valence-electron chi connectivity index (χ1n) is 12.7. The number of carbonyl (C=O) groups is 3. The standard InChI is InChI=1S/C29H37NO6/c1-4-7-8-9-10-11-14-22-17-19-23(20-18-22)28(32)30-24-15-12-13-16-25(24)36-26(29(33)35-6-3)21-27(31)34-5-2/h12-13,15-21H,4-11,14H2,1-3H3,(H,30,32)/b26-21+. The fourth-order valence-electron chi connectivity index (χ4n) is 3.53. The van der Waals surface area contributed by atoms with Crippen molar-refractivity contribution in [2.24, 2.45) is 0 Å². The summed E-state index contributed by atoms with van der Waals surface area (Å²) < 4.78 is 15.5. The van der Waals surface area contributed by atoms with Crippen LogP contribution in [0.15, 0.2) is 60.4 Å². The Balaban J connectivity index is 2.05. The van der Waals surface area contributed by atoms with Crippen LogP contribution in [0.1, 0.15) is 75.2 Å². The Hall–Kier alpha value is -3.61. The van der Waals surface area contributed by atoms with E-state index in [9.17, 15) is 14.4 Å². The maximum absolute atomic E-state index is 12.9. The largest absolute Gasteiger partial charge is 0.463 e. The Morgan fingerprint density at radius 2 is 1.47 bits per heavy atom. The molecule has 2 aromatic carbocycles. The highest BCUT2D eigenvalue weighted by atomic mass is 16.6. The van der Waals surface area contributed by atoms with Gasteiger partial charge < -0.3 is 19.5 Å². The summed E-state index contributed by atoms with van der Waals surface area (Å²) in [5, 5.41) is 2.81. The molecule has 7 nitrogen and oxygen atoms in total. The zero-order valence-corrected chi connectivity index (χ0v) is 21.5. The van der Waals surface area contributed by atoms with Crippen LogP contribution < -0.4 is 10.1 Å². The zero-order valence-electron chi connectivity index (χ0n) is 21.5. The molecule has 0 aliphatic heterocycles. The number of carbonyl (C=O) groups excluding carboxylic acids is 3. The van der Waals surface area contributed by atoms with Gasteiger partial charge in [-0.15, -0.1) is 0 Å². The Morgan fingerprint density at radius 1 is 0.806 bits per heavy atom. The van der Waals surface area contributed by atoms with Crippen LogP contribution >= 0.6 is 0 Å². The number of anilines is 1. The smallest absolute Gasteiger partial charge is 0.374 e. The molecule has 36 heavy (non-hydrogen) atoms. The summed E-state index contributed by atoms with van der Waals surface area (Å²) in [6, 6.07) is 14.2. The van der Waals surface area contributed by atoms with E-state index in [0.717, 1.165) is 18.9 Å². The van der Waals surface area contributed by atoms with Gasteiger partial charge in [-0.3, -0.25) is 4.79 Å². The van der Waals surface area contributed by atoms with Gasteiger partial charge in [-0.05, 0) is 56.5 Å². The van der Waals surface area contributed by atoms with E-state index in [4.69, 9.17) is 14.2 Å². The van der Waals surface area contributed by atoms with Crippen molar-refractivity contribution in [1.82, 2.24) is 0 Å². The number of nitrogens with one attached hydrogen (secondary N) is 1. The number of amides is 1. The second-order valence-corrected chi connectivity index (χ2v) is 8.25. The first-order valence-corrected chi connectivity index (χ1v) is 12.7. The lowest BCUT2D eigenvalue weighted by atomic mass is 10.0. The summed E-state index contributed by atoms with van der Waals surface area (Å²) in [7, 11) is 0. The minimum atomic E-state index is -0.812. The van der Waals surface area contributed by atoms with Crippen molar-refractivity contribution in [2.75, 3.05) is 18.5 Å². The Morgan fingerprint density at radius 3 is 2.17 bits per heavy atom. The Kier molecular flexibility index (Phi) is 12.8. The number of para-hydroxylation sites is 2. The molecule has 0 unspecified atom stereocenters. The van der Waals surface area contributed by atoms with E-state index < -0.39 is 11.9 Å². The van der Waals surface area contributed by atoms with Gasteiger partial charge in [0, 0.05) is 5.56 Å². The molecular formula is C29H37NO6. The molecule has 0 saturated carbocycles. The predicted molar refractivity (Wildman–Crippen MR) is 140 cm³/mol. The van der Waals surface area contributed by atoms with Crippen LogP contribution in [-0.2, 0) is 25.5 Å². The minimum absolute atomic E-state index is 0.107. The van der Waals surface area contributed by atoms with Crippen molar-refractivity contribution in [1.29, 1.82) is 0 Å². The van der Waals surface area contributed by atoms with Crippen molar-refractivity contribution < 1.29 is 28.6 Å². The molecule has 0 saturated heterocycles. The van der Waals surface area contributed by atoms with Crippen LogP contribution in [-0.4, -0.2) is 31.1 Å². The lowest BCUT2D eigenvalue weighted by Gasteiger charge is -2.14. The van der Waals surface area contributed by atoms with Crippen LogP contribution in [0.4, 0.5) is 5.69 Å². The molecule has 1 N–H and O–H groups in total. The van der Waals surface area contributed by atoms with Gasteiger partial charge in [0.2, 0.25) is 5.76 Å². The van der Waals surface area contributed by atoms with Crippen molar-refractivity contribution in [3.8, 4) is 5.75 Å². The van der Waals surface area contributed by atoms with Gasteiger partial charge in [-0.1, -0.05) is 63.3 Å². The van der Waals surface area contributed by atoms with Crippen molar-refractivity contribution >= 4 is 23.5 Å². The third-order valence-corrected chi connectivity index (χ3v) is 5.40. The molecule has 2 rings (SSSR count). The highest BCUT2D eigenvalue weighted by molar-refractivity contribution is 6.05. The Bertz CT molecular complexity index is 1010. The van der Waals surface area contributed by atoms with Gasteiger partial charge in [0.25, 0.3) is 5.91 Å². The summed E-state index contributed by atoms with van der Waals surface area (Å²) in [6.07, 6.45) is 9.39. The molecule has 0 aliphatic carbocycles. The lowest BCUT2D eigenvalue weighted by Crippen LogP contribution is -2.17. The zero-order chi connectivity index (χ0) is 26.2. The van der Waals surface area contributed by atoms with Crippen molar-refractivity contribution in [3.05, 3.63) is 71.5 Å². The summed E-state index contributed by atoms with van der Waals surface area (Å²) >= 11 is 0. The van der Waals surface area contributed by atoms with Crippen molar-refractivity contribution in [3.63, 3.8) is 0 Å². The molecule has 0 bridgehead atoms. The first kappa shape index (κ1) is 28.6. The van der Waals surface area contributed by atoms with Gasteiger partial charge in [-0.2, -0.15) is 0 Å². The van der Waals surface area contributed by atoms with Crippen LogP contribution in [0.2, 0.25) is 0 Å². The van der Waals surface area contributed by atoms with Gasteiger partial charge in [0.05, 0.1) is 25.0 Å². The molecule has 1 amide bonds. The molecule has 0 aliphatic rings. The van der Waals surface area contributed by atoms with Gasteiger partial charge in [-0.25, -0.2) is 9.59 Å². The maximum atomic E-state index is 12.9. The van der Waals surface area contributed by atoms with E-state index in [1.807, 2.05) is 12.1 Å². The molecule has 2 aromatic rings. The van der Waals surface area contributed by atoms with Crippen LogP contribution in [0, 0.1) is 0 Å². The average Bonchev–Trinajstić information content (AvgIpc) is 2.87. The quantitative estimate of drug-likeness (QED) is 0.136. The van der Waals surface area contributed by atoms with E-state index in [-0.39, 0.29) is 30.6 Å². The molecule has 0 radical (unpaired) electrons. The lowest BCUT2D eigenvalue weighted by molar-refractivity contribution is -0.143. The topological polar surface area (TPSA) is 90.9 Å². The monoisotopic (exact) mass is 495 g/mol. The van der Waals surface area contributed by atoms with Crippen LogP contribution in [0.5, 0.6) is 5.75 Å². The van der Waals surface area contributed by atoms with Crippen LogP contribution in [0.3, 0.4) is 0 Å². The fraction of sp³-hybridized carbons (Fsp3) is 0.414. The SMILES string of the molecule is CCCCCCCCc1ccc(C(=O)Nc2ccccc2O/C(=C/C(=O)OCC)C(=O)OCC)cc1. The molecular weight excluding hydrogens is 458 g/mol. The van der Waals surface area contributed by atoms with E-state index in [0.29, 0.717) is 11.3 Å². The highest BCUT2D eigenvalue weighted by Crippen LogP contribution is 2.27. The summed E-state index contributed by atoms with van der Waals surface area (Å²) in [5.41, 5.74) is 2.05. The first-order chi connectivity index (χ1) is 17.5. The number of rotatable bonds is 15. The molecule has 0 spiro atoms. The molecule has 7 heteroatoms. The summed E-state index contributed by atoms with van der Waals surface area (Å²) in [4.78, 5) is 37.1. The highest BCUT2D eigenvalue weighted by Gasteiger charge is 2.19. The number of hydrogen-bond acceptors (Lipinski definition) is 6. The third kappa shape index (κ3) is 9.94. The van der Waals surface area contributed by atoms with E-state index in [1.165, 1.54) is 37.7 Å². The average molecular weight is 496 g/mol. The fourth-order valence-corrected chi connectivity index (χ4v) is 3.53. The number of benzene rings is 2. The van der Waals surface area contributed by atoms with Crippen molar-refractivity contribution in [2.45, 2.75) is 65.7 Å². The third-order valence-electron chi connectivity index (χ3n) is 5.40. The minimum Gasteiger partial charge on any atom is -0.463 e. The number of aryl methyl sites for hydroxylation is 1. The number of hydrogen-bond donors (Lipinski definition) is 1. The van der Waals surface area contributed by atoms with E-state index in [2.05, 4.69) is 12.2 Å². The number of ether oxygens (including phenoxy) is 3. The van der Waals surface area contributed by atoms with E-state index >= 15 is 0 Å². The van der Waals surface area contributed by atoms with Gasteiger partial charge in [0.1, 0.15) is 0 Å². The normalized spacial score (nSPS) is 11.0. The second kappa shape index (κ2) is 16.1. The predicted octanol–water partition coefficient (Wildman–Crippen LogP) is 6.23.